The van der Waals surface area contributed by atoms with Crippen molar-refractivity contribution >= 4 is 11.7 Å². The van der Waals surface area contributed by atoms with Gasteiger partial charge in [-0.05, 0) is 31.0 Å². The van der Waals surface area contributed by atoms with E-state index in [1.807, 2.05) is 25.1 Å². The first kappa shape index (κ1) is 15.3. The van der Waals surface area contributed by atoms with Crippen molar-refractivity contribution in [2.45, 2.75) is 39.5 Å². The third kappa shape index (κ3) is 5.64. The van der Waals surface area contributed by atoms with Gasteiger partial charge >= 0.3 is 6.03 Å². The lowest BCUT2D eigenvalue weighted by Crippen LogP contribution is -2.29. The number of amides is 2. The molecule has 4 nitrogen and oxygen atoms in total. The van der Waals surface area contributed by atoms with Gasteiger partial charge in [0.05, 0.1) is 12.8 Å². The second kappa shape index (κ2) is 8.40. The summed E-state index contributed by atoms with van der Waals surface area (Å²) in [4.78, 5) is 11.7. The molecule has 0 aliphatic carbocycles. The molecule has 0 aliphatic rings. The Hall–Kier alpha value is -1.71. The van der Waals surface area contributed by atoms with E-state index in [0.717, 1.165) is 18.4 Å². The van der Waals surface area contributed by atoms with Crippen molar-refractivity contribution in [3.8, 4) is 5.75 Å². The fraction of sp³-hybridized carbons (Fsp3) is 0.533. The number of hydrogen-bond acceptors (Lipinski definition) is 2. The van der Waals surface area contributed by atoms with Crippen LogP contribution in [0.4, 0.5) is 10.5 Å². The highest BCUT2D eigenvalue weighted by atomic mass is 16.5. The SMILES string of the molecule is CCCCCCNC(=O)Nc1ccc(C)cc1OC. The Kier molecular flexibility index (Phi) is 6.79. The molecule has 2 N–H and O–H groups in total. The summed E-state index contributed by atoms with van der Waals surface area (Å²) in [6, 6.07) is 5.51. The van der Waals surface area contributed by atoms with Crippen LogP contribution >= 0.6 is 0 Å². The maximum absolute atomic E-state index is 11.7. The monoisotopic (exact) mass is 264 g/mol. The molecule has 0 radical (unpaired) electrons. The second-order valence-corrected chi connectivity index (χ2v) is 4.65. The highest BCUT2D eigenvalue weighted by Gasteiger charge is 2.06. The molecule has 1 aromatic rings. The average molecular weight is 264 g/mol. The van der Waals surface area contributed by atoms with E-state index in [0.29, 0.717) is 18.0 Å². The zero-order chi connectivity index (χ0) is 14.1. The molecule has 1 rings (SSSR count). The Morgan fingerprint density at radius 2 is 2.05 bits per heavy atom. The van der Waals surface area contributed by atoms with Gasteiger partial charge in [-0.1, -0.05) is 32.3 Å². The molecule has 0 unspecified atom stereocenters. The van der Waals surface area contributed by atoms with Crippen molar-refractivity contribution in [1.29, 1.82) is 0 Å². The van der Waals surface area contributed by atoms with E-state index < -0.39 is 0 Å². The number of carbonyl (C=O) groups excluding carboxylic acids is 1. The van der Waals surface area contributed by atoms with E-state index in [1.165, 1.54) is 12.8 Å². The molecule has 0 aromatic heterocycles. The van der Waals surface area contributed by atoms with E-state index in [2.05, 4.69) is 17.6 Å². The van der Waals surface area contributed by atoms with Gasteiger partial charge in [-0.2, -0.15) is 0 Å². The fourth-order valence-electron chi connectivity index (χ4n) is 1.82. The minimum absolute atomic E-state index is 0.182. The van der Waals surface area contributed by atoms with E-state index in [4.69, 9.17) is 4.74 Å². The summed E-state index contributed by atoms with van der Waals surface area (Å²) in [5, 5.41) is 5.65. The molecule has 0 spiro atoms. The standard InChI is InChI=1S/C15H24N2O2/c1-4-5-6-7-10-16-15(18)17-13-9-8-12(2)11-14(13)19-3/h8-9,11H,4-7,10H2,1-3H3,(H2,16,17,18). The number of nitrogens with one attached hydrogen (secondary N) is 2. The molecule has 19 heavy (non-hydrogen) atoms. The highest BCUT2D eigenvalue weighted by Crippen LogP contribution is 2.24. The number of hydrogen-bond donors (Lipinski definition) is 2. The largest absolute Gasteiger partial charge is 0.495 e. The van der Waals surface area contributed by atoms with E-state index in [9.17, 15) is 4.79 Å². The van der Waals surface area contributed by atoms with Crippen LogP contribution < -0.4 is 15.4 Å². The Bertz CT molecular complexity index is 405. The molecule has 0 aliphatic heterocycles. The number of aryl methyl sites for hydroxylation is 1. The lowest BCUT2D eigenvalue weighted by Gasteiger charge is -2.11. The number of ether oxygens (including phenoxy) is 1. The Labute approximate surface area is 115 Å². The predicted octanol–water partition coefficient (Wildman–Crippen LogP) is 3.71. The molecule has 0 saturated carbocycles. The molecular weight excluding hydrogens is 240 g/mol. The fourth-order valence-corrected chi connectivity index (χ4v) is 1.82. The van der Waals surface area contributed by atoms with Gasteiger partial charge in [0.2, 0.25) is 0 Å². The molecule has 0 atom stereocenters. The summed E-state index contributed by atoms with van der Waals surface area (Å²) in [6.07, 6.45) is 4.60. The molecule has 1 aromatic carbocycles. The second-order valence-electron chi connectivity index (χ2n) is 4.65. The summed E-state index contributed by atoms with van der Waals surface area (Å²) in [6.45, 7) is 4.86. The van der Waals surface area contributed by atoms with Crippen LogP contribution in [0.25, 0.3) is 0 Å². The number of methoxy groups -OCH3 is 1. The molecule has 0 saturated heterocycles. The smallest absolute Gasteiger partial charge is 0.319 e. The first-order valence-corrected chi connectivity index (χ1v) is 6.87. The molecular formula is C15H24N2O2. The first-order valence-electron chi connectivity index (χ1n) is 6.87. The molecule has 0 bridgehead atoms. The van der Waals surface area contributed by atoms with Gasteiger partial charge in [-0.25, -0.2) is 4.79 Å². The maximum atomic E-state index is 11.7. The lowest BCUT2D eigenvalue weighted by molar-refractivity contribution is 0.251. The third-order valence-electron chi connectivity index (χ3n) is 2.92. The van der Waals surface area contributed by atoms with E-state index in [1.54, 1.807) is 7.11 Å². The summed E-state index contributed by atoms with van der Waals surface area (Å²) >= 11 is 0. The van der Waals surface area contributed by atoms with Gasteiger partial charge in [-0.3, -0.25) is 0 Å². The molecule has 0 fully saturated rings. The van der Waals surface area contributed by atoms with Gasteiger partial charge < -0.3 is 15.4 Å². The van der Waals surface area contributed by atoms with Crippen LogP contribution in [0.3, 0.4) is 0 Å². The minimum Gasteiger partial charge on any atom is -0.495 e. The van der Waals surface area contributed by atoms with Crippen LogP contribution in [0.15, 0.2) is 18.2 Å². The summed E-state index contributed by atoms with van der Waals surface area (Å²) in [5.74, 6) is 0.682. The third-order valence-corrected chi connectivity index (χ3v) is 2.92. The zero-order valence-corrected chi connectivity index (χ0v) is 12.1. The zero-order valence-electron chi connectivity index (χ0n) is 12.1. The van der Waals surface area contributed by atoms with Crippen molar-refractivity contribution in [2.24, 2.45) is 0 Å². The normalized spacial score (nSPS) is 10.1. The quantitative estimate of drug-likeness (QED) is 0.738. The van der Waals surface area contributed by atoms with Gasteiger partial charge in [0.15, 0.2) is 0 Å². The van der Waals surface area contributed by atoms with Crippen molar-refractivity contribution in [2.75, 3.05) is 19.0 Å². The van der Waals surface area contributed by atoms with Gasteiger partial charge in [0.25, 0.3) is 0 Å². The van der Waals surface area contributed by atoms with Crippen LogP contribution in [-0.2, 0) is 0 Å². The van der Waals surface area contributed by atoms with Crippen molar-refractivity contribution in [3.63, 3.8) is 0 Å². The Morgan fingerprint density at radius 3 is 2.74 bits per heavy atom. The van der Waals surface area contributed by atoms with Gasteiger partial charge in [0, 0.05) is 6.54 Å². The molecule has 106 valence electrons. The lowest BCUT2D eigenvalue weighted by atomic mass is 10.2. The average Bonchev–Trinajstić information content (AvgIpc) is 2.40. The minimum atomic E-state index is -0.182. The van der Waals surface area contributed by atoms with E-state index in [-0.39, 0.29) is 6.03 Å². The summed E-state index contributed by atoms with van der Waals surface area (Å²) < 4.78 is 5.24. The maximum Gasteiger partial charge on any atom is 0.319 e. The van der Waals surface area contributed by atoms with Gasteiger partial charge in [0.1, 0.15) is 5.75 Å². The van der Waals surface area contributed by atoms with Crippen LogP contribution in [0, 0.1) is 6.92 Å². The number of anilines is 1. The first-order chi connectivity index (χ1) is 9.17. The number of unbranched alkanes of at least 4 members (excludes halogenated alkanes) is 3. The Balaban J connectivity index is 2.39. The van der Waals surface area contributed by atoms with Gasteiger partial charge in [-0.15, -0.1) is 0 Å². The molecule has 0 heterocycles. The number of benzene rings is 1. The number of carbonyl (C=O) groups is 1. The summed E-state index contributed by atoms with van der Waals surface area (Å²) in [5.41, 5.74) is 1.79. The highest BCUT2D eigenvalue weighted by molar-refractivity contribution is 5.90. The molecule has 4 heteroatoms. The Morgan fingerprint density at radius 1 is 1.26 bits per heavy atom. The predicted molar refractivity (Wildman–Crippen MR) is 78.9 cm³/mol. The van der Waals surface area contributed by atoms with Crippen LogP contribution in [0.2, 0.25) is 0 Å². The number of rotatable bonds is 7. The van der Waals surface area contributed by atoms with Crippen molar-refractivity contribution in [1.82, 2.24) is 5.32 Å². The van der Waals surface area contributed by atoms with E-state index >= 15 is 0 Å². The van der Waals surface area contributed by atoms with Crippen molar-refractivity contribution in [3.05, 3.63) is 23.8 Å². The van der Waals surface area contributed by atoms with Crippen LogP contribution in [0.5, 0.6) is 5.75 Å². The molecule has 2 amide bonds. The number of urea groups is 1. The summed E-state index contributed by atoms with van der Waals surface area (Å²) in [7, 11) is 1.60. The van der Waals surface area contributed by atoms with Crippen molar-refractivity contribution < 1.29 is 9.53 Å². The van der Waals surface area contributed by atoms with Crippen LogP contribution in [0.1, 0.15) is 38.2 Å². The topological polar surface area (TPSA) is 50.4 Å². The van der Waals surface area contributed by atoms with Crippen LogP contribution in [-0.4, -0.2) is 19.7 Å².